The summed E-state index contributed by atoms with van der Waals surface area (Å²) < 4.78 is 59.5. The van der Waals surface area contributed by atoms with E-state index in [0.29, 0.717) is 22.5 Å². The number of benzene rings is 1. The van der Waals surface area contributed by atoms with Gasteiger partial charge in [0.1, 0.15) is 48.9 Å². The second-order valence-electron chi connectivity index (χ2n) is 13.6. The van der Waals surface area contributed by atoms with Gasteiger partial charge >= 0.3 is 35.8 Å². The van der Waals surface area contributed by atoms with Crippen LogP contribution in [0.3, 0.4) is 0 Å². The largest absolute Gasteiger partial charge is 0.463 e. The van der Waals surface area contributed by atoms with Gasteiger partial charge in [0.25, 0.3) is 0 Å². The molecule has 0 unspecified atom stereocenters. The zero-order valence-electron chi connectivity index (χ0n) is 34.3. The maximum Gasteiger partial charge on any atom is 0.303 e. The van der Waals surface area contributed by atoms with Gasteiger partial charge in [-0.25, -0.2) is 9.36 Å². The standard InChI is InChI=1S/C38H48N6O16/c1-9-51-37-35(57-23(7)49)33(55-21(5)47)31(29(59-37)17-53-19(3)45)43-15-27(39-41-43)25-11-13-26(14-12-25)28-16-44(42-40-28)32-30(18-54-20(4)46)60-38(52-10-2)36(58-24(8)50)34(32)56-22(6)48/h11-16,29-38H,9-10,17-18H2,1-8H3/t29-,30-,31-,32-,33+,34+,35+,36+,37+,38+/m1/s1. The highest BCUT2D eigenvalue weighted by Crippen LogP contribution is 2.37. The second-order valence-corrected chi connectivity index (χ2v) is 13.6. The number of nitrogens with zero attached hydrogens (tertiary/aromatic N) is 6. The van der Waals surface area contributed by atoms with Gasteiger partial charge < -0.3 is 47.4 Å². The first-order valence-electron chi connectivity index (χ1n) is 19.0. The number of hydrogen-bond acceptors (Lipinski definition) is 20. The van der Waals surface area contributed by atoms with Crippen LogP contribution in [-0.4, -0.2) is 141 Å². The Balaban J connectivity index is 1.46. The van der Waals surface area contributed by atoms with E-state index >= 15 is 0 Å². The minimum atomic E-state index is -1.22. The van der Waals surface area contributed by atoms with Crippen LogP contribution in [0.2, 0.25) is 0 Å². The number of hydrogen-bond donors (Lipinski definition) is 0. The molecule has 0 bridgehead atoms. The van der Waals surface area contributed by atoms with Gasteiger partial charge in [-0.3, -0.25) is 28.8 Å². The lowest BCUT2D eigenvalue weighted by atomic mass is 9.95. The molecule has 0 radical (unpaired) electrons. The summed E-state index contributed by atoms with van der Waals surface area (Å²) in [5.41, 5.74) is 1.96. The minimum Gasteiger partial charge on any atom is -0.463 e. The van der Waals surface area contributed by atoms with Crippen LogP contribution in [0.1, 0.15) is 67.5 Å². The van der Waals surface area contributed by atoms with Crippen molar-refractivity contribution in [2.45, 2.75) is 117 Å². The van der Waals surface area contributed by atoms with Crippen LogP contribution in [0.5, 0.6) is 0 Å². The van der Waals surface area contributed by atoms with Gasteiger partial charge in [0.2, 0.25) is 0 Å². The molecule has 0 aliphatic carbocycles. The molecule has 2 fully saturated rings. The summed E-state index contributed by atoms with van der Waals surface area (Å²) in [7, 11) is 0. The van der Waals surface area contributed by atoms with E-state index in [9.17, 15) is 28.8 Å². The highest BCUT2D eigenvalue weighted by molar-refractivity contribution is 5.69. The van der Waals surface area contributed by atoms with E-state index in [4.69, 9.17) is 47.4 Å². The highest BCUT2D eigenvalue weighted by Gasteiger charge is 2.53. The summed E-state index contributed by atoms with van der Waals surface area (Å²) >= 11 is 0. The Kier molecular flexibility index (Phi) is 15.4. The van der Waals surface area contributed by atoms with Crippen molar-refractivity contribution >= 4 is 35.8 Å². The van der Waals surface area contributed by atoms with E-state index in [1.54, 1.807) is 50.5 Å². The third-order valence-electron chi connectivity index (χ3n) is 9.12. The number of esters is 6. The van der Waals surface area contributed by atoms with Crippen molar-refractivity contribution in [1.29, 1.82) is 0 Å². The molecule has 22 nitrogen and oxygen atoms in total. The zero-order chi connectivity index (χ0) is 43.7. The highest BCUT2D eigenvalue weighted by atomic mass is 16.7. The predicted octanol–water partition coefficient (Wildman–Crippen LogP) is 1.66. The van der Waals surface area contributed by atoms with Crippen molar-refractivity contribution in [3.63, 3.8) is 0 Å². The molecule has 22 heteroatoms. The Morgan fingerprint density at radius 3 is 1.17 bits per heavy atom. The zero-order valence-corrected chi connectivity index (χ0v) is 34.3. The average Bonchev–Trinajstić information content (AvgIpc) is 3.86. The molecule has 1 aromatic carbocycles. The molecule has 0 N–H and O–H groups in total. The van der Waals surface area contributed by atoms with Crippen LogP contribution in [0.15, 0.2) is 36.7 Å². The lowest BCUT2D eigenvalue weighted by Gasteiger charge is -2.44. The summed E-state index contributed by atoms with van der Waals surface area (Å²) in [6.07, 6.45) is -6.01. The molecule has 0 spiro atoms. The average molecular weight is 845 g/mol. The normalized spacial score (nSPS) is 26.3. The van der Waals surface area contributed by atoms with Gasteiger partial charge in [-0.05, 0) is 13.8 Å². The van der Waals surface area contributed by atoms with Crippen molar-refractivity contribution < 1.29 is 76.1 Å². The van der Waals surface area contributed by atoms with Crippen LogP contribution < -0.4 is 0 Å². The van der Waals surface area contributed by atoms with E-state index in [1.165, 1.54) is 50.9 Å². The Morgan fingerprint density at radius 2 is 0.867 bits per heavy atom. The lowest BCUT2D eigenvalue weighted by molar-refractivity contribution is -0.293. The number of rotatable bonds is 16. The van der Waals surface area contributed by atoms with Gasteiger partial charge in [0.05, 0.1) is 12.4 Å². The fourth-order valence-electron chi connectivity index (χ4n) is 6.90. The van der Waals surface area contributed by atoms with Gasteiger partial charge in [0.15, 0.2) is 37.0 Å². The second kappa shape index (κ2) is 20.4. The third-order valence-corrected chi connectivity index (χ3v) is 9.12. The molecule has 3 aromatic rings. The summed E-state index contributed by atoms with van der Waals surface area (Å²) in [5, 5.41) is 17.3. The van der Waals surface area contributed by atoms with Crippen molar-refractivity contribution in [3.8, 4) is 22.5 Å². The number of aromatic nitrogens is 6. The molecule has 2 saturated heterocycles. The molecule has 0 saturated carbocycles. The Bertz CT molecular complexity index is 1850. The first kappa shape index (κ1) is 45.2. The Labute approximate surface area is 343 Å². The molecule has 326 valence electrons. The molecule has 0 amide bonds. The maximum atomic E-state index is 12.4. The van der Waals surface area contributed by atoms with Gasteiger partial charge in [-0.2, -0.15) is 0 Å². The van der Waals surface area contributed by atoms with Gasteiger partial charge in [0, 0.05) is 65.9 Å². The van der Waals surface area contributed by atoms with Gasteiger partial charge in [-0.1, -0.05) is 34.7 Å². The van der Waals surface area contributed by atoms with E-state index in [0.717, 1.165) is 0 Å². The molecule has 5 rings (SSSR count). The molecule has 2 aliphatic heterocycles. The monoisotopic (exact) mass is 844 g/mol. The quantitative estimate of drug-likeness (QED) is 0.147. The fraction of sp³-hybridized carbons (Fsp3) is 0.579. The van der Waals surface area contributed by atoms with Crippen LogP contribution in [0.25, 0.3) is 22.5 Å². The summed E-state index contributed by atoms with van der Waals surface area (Å²) in [6, 6.07) is 4.96. The number of ether oxygens (including phenoxy) is 10. The molecule has 4 heterocycles. The molecule has 60 heavy (non-hydrogen) atoms. The van der Waals surface area contributed by atoms with E-state index in [2.05, 4.69) is 20.6 Å². The molecule has 2 aromatic heterocycles. The Hall–Kier alpha value is -5.84. The molecule has 2 aliphatic rings. The Morgan fingerprint density at radius 1 is 0.533 bits per heavy atom. The number of carbonyl (C=O) groups is 6. The maximum absolute atomic E-state index is 12.4. The summed E-state index contributed by atoms with van der Waals surface area (Å²) in [4.78, 5) is 72.8. The molecular weight excluding hydrogens is 796 g/mol. The lowest BCUT2D eigenvalue weighted by Crippen LogP contribution is -2.59. The topological polar surface area (TPSA) is 256 Å². The van der Waals surface area contributed by atoms with E-state index < -0.39 is 97.1 Å². The number of carbonyl (C=O) groups excluding carboxylic acids is 6. The SMILES string of the molecule is CCO[C@H]1O[C@H](COC(C)=O)[C@@H](n2cc(-c3ccc(-c4cn([C@H]5[C@H](OC(C)=O)[C@H](OC(C)=O)[C@@H](OCC)O[C@@H]5COC(C)=O)nn4)cc3)nn2)[C@H](OC(C)=O)[C@@H]1OC(C)=O. The van der Waals surface area contributed by atoms with Crippen molar-refractivity contribution in [2.24, 2.45) is 0 Å². The third kappa shape index (κ3) is 11.2. The van der Waals surface area contributed by atoms with Crippen LogP contribution >= 0.6 is 0 Å². The molecule has 10 atom stereocenters. The first-order chi connectivity index (χ1) is 28.6. The van der Waals surface area contributed by atoms with Gasteiger partial charge in [-0.15, -0.1) is 10.2 Å². The summed E-state index contributed by atoms with van der Waals surface area (Å²) in [6.45, 7) is 10.4. The fourth-order valence-corrected chi connectivity index (χ4v) is 6.90. The van der Waals surface area contributed by atoms with Crippen molar-refractivity contribution in [1.82, 2.24) is 30.0 Å². The first-order valence-corrected chi connectivity index (χ1v) is 19.0. The summed E-state index contributed by atoms with van der Waals surface area (Å²) in [5.74, 6) is -3.90. The van der Waals surface area contributed by atoms with Crippen LogP contribution in [-0.2, 0) is 76.1 Å². The smallest absolute Gasteiger partial charge is 0.303 e. The van der Waals surface area contributed by atoms with Crippen LogP contribution in [0.4, 0.5) is 0 Å². The molecular formula is C38H48N6O16. The van der Waals surface area contributed by atoms with E-state index in [-0.39, 0.29) is 26.4 Å². The predicted molar refractivity (Wildman–Crippen MR) is 199 cm³/mol. The van der Waals surface area contributed by atoms with Crippen molar-refractivity contribution in [2.75, 3.05) is 26.4 Å². The van der Waals surface area contributed by atoms with E-state index in [1.807, 2.05) is 0 Å². The van der Waals surface area contributed by atoms with Crippen molar-refractivity contribution in [3.05, 3.63) is 36.7 Å². The minimum absolute atomic E-state index is 0.159. The van der Waals surface area contributed by atoms with Crippen LogP contribution in [0, 0.1) is 0 Å².